The molecule has 0 fully saturated rings. The zero-order valence-electron chi connectivity index (χ0n) is 27.6. The van der Waals surface area contributed by atoms with E-state index in [1.807, 2.05) is 25.5 Å². The Hall–Kier alpha value is -5.09. The third-order valence-electron chi connectivity index (χ3n) is 5.83. The summed E-state index contributed by atoms with van der Waals surface area (Å²) in [7, 11) is -0.133. The summed E-state index contributed by atoms with van der Waals surface area (Å²) in [5.41, 5.74) is -0.103. The van der Waals surface area contributed by atoms with Gasteiger partial charge in [0.15, 0.2) is 0 Å². The van der Waals surface area contributed by atoms with Crippen LogP contribution in [-0.2, 0) is 20.2 Å². The Labute approximate surface area is 297 Å². The summed E-state index contributed by atoms with van der Waals surface area (Å²) < 4.78 is 58.5. The molecule has 17 nitrogen and oxygen atoms in total. The number of terminal acetylenes is 1. The Balaban J connectivity index is 0.000000278. The number of aromatic nitrogens is 5. The average molecular weight is 755 g/mol. The smallest absolute Gasteiger partial charge is 0.442 e. The van der Waals surface area contributed by atoms with Gasteiger partial charge in [-0.1, -0.05) is 62.0 Å². The third kappa shape index (κ3) is 10.7. The predicted octanol–water partition coefficient (Wildman–Crippen LogP) is 3.87. The average Bonchev–Trinajstić information content (AvgIpc) is 3.46. The maximum Gasteiger partial charge on any atom is 0.442 e. The monoisotopic (exact) mass is 753 g/mol. The number of para-hydroxylation sites is 1. The molecule has 2 amide bonds. The Morgan fingerprint density at radius 2 is 1.64 bits per heavy atom. The van der Waals surface area contributed by atoms with E-state index in [0.717, 1.165) is 4.68 Å². The maximum absolute atomic E-state index is 12.5. The molecule has 0 aliphatic heterocycles. The minimum Gasteiger partial charge on any atom is -0.490 e. The van der Waals surface area contributed by atoms with Gasteiger partial charge < -0.3 is 28.1 Å². The normalized spacial score (nSPS) is 11.0. The minimum atomic E-state index is -4.24. The van der Waals surface area contributed by atoms with Crippen LogP contribution < -0.4 is 34.7 Å². The van der Waals surface area contributed by atoms with Gasteiger partial charge in [0, 0.05) is 18.6 Å². The second-order valence-corrected chi connectivity index (χ2v) is 13.0. The van der Waals surface area contributed by atoms with E-state index >= 15 is 0 Å². The lowest BCUT2D eigenvalue weighted by Crippen LogP contribution is -2.35. The quantitative estimate of drug-likeness (QED) is 0.156. The highest BCUT2D eigenvalue weighted by Crippen LogP contribution is 2.33. The van der Waals surface area contributed by atoms with Crippen molar-refractivity contribution >= 4 is 45.2 Å². The van der Waals surface area contributed by atoms with Crippen molar-refractivity contribution in [2.45, 2.75) is 31.1 Å². The van der Waals surface area contributed by atoms with Crippen LogP contribution in [0.4, 0.5) is 10.7 Å². The fourth-order valence-corrected chi connectivity index (χ4v) is 5.12. The predicted molar refractivity (Wildman–Crippen MR) is 181 cm³/mol. The number of urea groups is 1. The van der Waals surface area contributed by atoms with Crippen LogP contribution in [0.3, 0.4) is 0 Å². The van der Waals surface area contributed by atoms with Gasteiger partial charge in [0.1, 0.15) is 29.6 Å². The van der Waals surface area contributed by atoms with E-state index in [1.54, 1.807) is 6.07 Å². The maximum atomic E-state index is 12.5. The molecule has 0 aliphatic rings. The standard InChI is InChI=1S/C15H14Cl2N2O3.C15H19N5O7S/c1-5-6-21-12-8-11(9(16)7-10(12)17)19-14(20)22-13(18-19)15(2,3)4;1-24-8-9-27-10-6-4-5-7-11(10)28(22,23)20-13(21)16-12-17-14(25-2)19-15(18-12)26-3/h1,7-8H,6H2,2-4H3;4-7H,8-9H2,1-3H3,(H2,16,17,18,19,20,21). The van der Waals surface area contributed by atoms with Crippen molar-refractivity contribution in [2.75, 3.05) is 46.5 Å². The van der Waals surface area contributed by atoms with Crippen molar-refractivity contribution < 1.29 is 41.3 Å². The first-order valence-corrected chi connectivity index (χ1v) is 16.4. The molecule has 0 spiro atoms. The summed E-state index contributed by atoms with van der Waals surface area (Å²) in [4.78, 5) is 35.3. The number of hydrogen-bond donors (Lipinski definition) is 2. The van der Waals surface area contributed by atoms with E-state index in [9.17, 15) is 18.0 Å². The second-order valence-electron chi connectivity index (χ2n) is 10.5. The van der Waals surface area contributed by atoms with Crippen LogP contribution >= 0.6 is 23.2 Å². The van der Waals surface area contributed by atoms with Gasteiger partial charge in [-0.2, -0.15) is 14.6 Å². The largest absolute Gasteiger partial charge is 0.490 e. The Bertz CT molecular complexity index is 1990. The molecule has 2 N–H and O–H groups in total. The number of ether oxygens (including phenoxy) is 5. The first-order valence-electron chi connectivity index (χ1n) is 14.2. The molecule has 2 aromatic heterocycles. The topological polar surface area (TPSA) is 208 Å². The van der Waals surface area contributed by atoms with Crippen molar-refractivity contribution in [3.63, 3.8) is 0 Å². The molecule has 0 bridgehead atoms. The van der Waals surface area contributed by atoms with Gasteiger partial charge in [-0.25, -0.2) is 22.7 Å². The van der Waals surface area contributed by atoms with Crippen molar-refractivity contribution in [3.05, 3.63) is 62.9 Å². The van der Waals surface area contributed by atoms with E-state index in [1.165, 1.54) is 51.7 Å². The van der Waals surface area contributed by atoms with Gasteiger partial charge in [0.25, 0.3) is 10.0 Å². The number of rotatable bonds is 12. The lowest BCUT2D eigenvalue weighted by molar-refractivity contribution is 0.144. The Morgan fingerprint density at radius 3 is 2.22 bits per heavy atom. The summed E-state index contributed by atoms with van der Waals surface area (Å²) in [6.45, 7) is 6.10. The number of halogens is 2. The number of hydrogen-bond acceptors (Lipinski definition) is 14. The number of carbonyl (C=O) groups excluding carboxylic acids is 1. The van der Waals surface area contributed by atoms with Crippen LogP contribution in [-0.4, -0.2) is 80.3 Å². The molecule has 0 atom stereocenters. The lowest BCUT2D eigenvalue weighted by atomic mass is 9.97. The number of benzene rings is 2. The molecule has 20 heteroatoms. The van der Waals surface area contributed by atoms with E-state index in [-0.39, 0.29) is 58.5 Å². The number of nitrogens with zero attached hydrogens (tertiary/aromatic N) is 5. The van der Waals surface area contributed by atoms with Crippen molar-refractivity contribution in [3.8, 4) is 41.6 Å². The molecule has 4 rings (SSSR count). The zero-order valence-corrected chi connectivity index (χ0v) is 30.0. The van der Waals surface area contributed by atoms with Crippen LogP contribution in [0.1, 0.15) is 26.7 Å². The summed E-state index contributed by atoms with van der Waals surface area (Å²) in [5.74, 6) is 2.12. The first-order chi connectivity index (χ1) is 23.6. The molecule has 0 saturated heterocycles. The van der Waals surface area contributed by atoms with Crippen molar-refractivity contribution in [2.24, 2.45) is 0 Å². The highest BCUT2D eigenvalue weighted by atomic mass is 35.5. The number of carbonyl (C=O) groups is 1. The fourth-order valence-electron chi connectivity index (χ4n) is 3.55. The molecular weight excluding hydrogens is 721 g/mol. The van der Waals surface area contributed by atoms with Gasteiger partial charge in [-0.15, -0.1) is 16.5 Å². The van der Waals surface area contributed by atoms with Gasteiger partial charge in [0.05, 0.1) is 36.6 Å². The molecule has 0 aliphatic carbocycles. The second kappa shape index (κ2) is 17.5. The molecule has 4 aromatic rings. The summed E-state index contributed by atoms with van der Waals surface area (Å²) in [6.07, 6.45) is 5.15. The summed E-state index contributed by atoms with van der Waals surface area (Å²) in [5, 5.41) is 6.89. The van der Waals surface area contributed by atoms with E-state index in [2.05, 4.69) is 31.3 Å². The van der Waals surface area contributed by atoms with Crippen LogP contribution in [0.5, 0.6) is 23.5 Å². The molecule has 0 saturated carbocycles. The molecule has 2 aromatic carbocycles. The van der Waals surface area contributed by atoms with Crippen LogP contribution in [0.15, 0.2) is 50.5 Å². The third-order valence-corrected chi connectivity index (χ3v) is 7.79. The minimum absolute atomic E-state index is 0.0434. The van der Waals surface area contributed by atoms with Crippen molar-refractivity contribution in [1.29, 1.82) is 0 Å². The molecule has 268 valence electrons. The molecule has 0 unspecified atom stereocenters. The first kappa shape index (κ1) is 39.3. The van der Waals surface area contributed by atoms with Crippen LogP contribution in [0.25, 0.3) is 5.69 Å². The number of methoxy groups -OCH3 is 3. The van der Waals surface area contributed by atoms with Gasteiger partial charge in [-0.05, 0) is 18.2 Å². The summed E-state index contributed by atoms with van der Waals surface area (Å²) in [6, 6.07) is 7.48. The van der Waals surface area contributed by atoms with Crippen molar-refractivity contribution in [1.82, 2.24) is 29.5 Å². The van der Waals surface area contributed by atoms with E-state index in [0.29, 0.717) is 17.3 Å². The highest BCUT2D eigenvalue weighted by molar-refractivity contribution is 7.90. The fraction of sp³-hybridized carbons (Fsp3) is 0.333. The van der Waals surface area contributed by atoms with Crippen LogP contribution in [0, 0.1) is 12.3 Å². The highest BCUT2D eigenvalue weighted by Gasteiger charge is 2.25. The molecular formula is C30H33Cl2N7O10S. The Morgan fingerprint density at radius 1 is 0.980 bits per heavy atom. The molecule has 2 heterocycles. The van der Waals surface area contributed by atoms with Gasteiger partial charge >= 0.3 is 23.8 Å². The number of sulfonamides is 1. The van der Waals surface area contributed by atoms with Gasteiger partial charge in [-0.3, -0.25) is 5.32 Å². The lowest BCUT2D eigenvalue weighted by Gasteiger charge is -2.12. The molecule has 50 heavy (non-hydrogen) atoms. The Kier molecular flexibility index (Phi) is 13.8. The van der Waals surface area contributed by atoms with E-state index < -0.39 is 27.2 Å². The van der Waals surface area contributed by atoms with E-state index in [4.69, 9.17) is 57.7 Å². The number of nitrogens with one attached hydrogen (secondary N) is 2. The number of amides is 2. The molecule has 0 radical (unpaired) electrons. The number of anilines is 1. The summed E-state index contributed by atoms with van der Waals surface area (Å²) >= 11 is 12.2. The van der Waals surface area contributed by atoms with Crippen LogP contribution in [0.2, 0.25) is 10.0 Å². The SMILES string of the molecule is C#CCOc1cc(-n2nc(C(C)(C)C)oc2=O)c(Cl)cc1Cl.COCCOc1ccccc1S(=O)(=O)NC(=O)Nc1nc(OC)nc(OC)n1. The zero-order chi connectivity index (χ0) is 37.1. The van der Waals surface area contributed by atoms with Gasteiger partial charge in [0.2, 0.25) is 11.8 Å².